The molecule has 0 spiro atoms. The van der Waals surface area contributed by atoms with Gasteiger partial charge in [-0.25, -0.2) is 0 Å². The standard InChI is InChI=1S/C56H55BClNO/c1-53(2,3)33-18-21-36(22-19-33)59-45-23-20-34(54(4,5)6)28-43(45)57-44-27-32-26-41-42(56(9,10)25-24-55(41,7)8)31-39(32)51(44)50(40-29-35(58)30-46(59)52(40)57)38-15-13-17-48-49(38)37-14-11-12-16-47(37)60-48/h11-23,26,28-31,50H,24-25,27H2,1-10H3. The SMILES string of the molecule is CC(C)(C)c1ccc(N2c3ccc(C(C)(C)C)cc3B3C4=C(c5cc6c(cc5C4)C(C)(C)CCC6(C)C)C(c4cccc5oc6ccccc6c45)c4cc(Cl)cc2c43)cc1. The van der Waals surface area contributed by atoms with Crippen molar-refractivity contribution in [1.82, 2.24) is 0 Å². The van der Waals surface area contributed by atoms with Gasteiger partial charge in [0.25, 0.3) is 0 Å². The summed E-state index contributed by atoms with van der Waals surface area (Å²) in [6, 6.07) is 41.7. The van der Waals surface area contributed by atoms with E-state index in [0.717, 1.165) is 33.7 Å². The Hall–Kier alpha value is -4.99. The third-order valence-corrected chi connectivity index (χ3v) is 15.1. The number of hydrogen-bond donors (Lipinski definition) is 0. The Kier molecular flexibility index (Phi) is 7.94. The lowest BCUT2D eigenvalue weighted by Gasteiger charge is -2.44. The second kappa shape index (κ2) is 12.5. The van der Waals surface area contributed by atoms with Crippen LogP contribution < -0.4 is 15.8 Å². The molecule has 0 bridgehead atoms. The fourth-order valence-electron chi connectivity index (χ4n) is 11.5. The van der Waals surface area contributed by atoms with Gasteiger partial charge in [-0.1, -0.05) is 153 Å². The molecule has 0 radical (unpaired) electrons. The van der Waals surface area contributed by atoms with E-state index in [9.17, 15) is 0 Å². The number of rotatable bonds is 2. The lowest BCUT2D eigenvalue weighted by atomic mass is 9.30. The Morgan fingerprint density at radius 3 is 2.05 bits per heavy atom. The second-order valence-electron chi connectivity index (χ2n) is 21.7. The summed E-state index contributed by atoms with van der Waals surface area (Å²) in [6.07, 6.45) is 3.31. The fraction of sp³-hybridized carbons (Fsp3) is 0.321. The zero-order chi connectivity index (χ0) is 41.8. The summed E-state index contributed by atoms with van der Waals surface area (Å²) in [5.74, 6) is -0.0510. The number of fused-ring (bicyclic) bond motifs is 9. The first-order valence-corrected chi connectivity index (χ1v) is 22.5. The molecule has 4 heteroatoms. The van der Waals surface area contributed by atoms with Gasteiger partial charge in [0.2, 0.25) is 6.71 Å². The molecule has 0 saturated carbocycles. The lowest BCUT2D eigenvalue weighted by molar-refractivity contribution is 0.331. The van der Waals surface area contributed by atoms with Crippen LogP contribution in [0.4, 0.5) is 17.1 Å². The molecular weight excluding hydrogens is 749 g/mol. The highest BCUT2D eigenvalue weighted by Gasteiger charge is 2.49. The fourth-order valence-corrected chi connectivity index (χ4v) is 11.7. The predicted octanol–water partition coefficient (Wildman–Crippen LogP) is 14.3. The normalized spacial score (nSPS) is 18.7. The first-order chi connectivity index (χ1) is 28.4. The van der Waals surface area contributed by atoms with Crippen molar-refractivity contribution in [2.24, 2.45) is 0 Å². The summed E-state index contributed by atoms with van der Waals surface area (Å²) in [5, 5.41) is 3.12. The van der Waals surface area contributed by atoms with Crippen molar-refractivity contribution < 1.29 is 4.42 Å². The Labute approximate surface area is 361 Å². The summed E-state index contributed by atoms with van der Waals surface area (Å²) in [5.41, 5.74) is 22.6. The van der Waals surface area contributed by atoms with E-state index < -0.39 is 0 Å². The number of hydrogen-bond acceptors (Lipinski definition) is 2. The zero-order valence-corrected chi connectivity index (χ0v) is 37.7. The van der Waals surface area contributed by atoms with E-state index in [1.165, 1.54) is 96.1 Å². The van der Waals surface area contributed by atoms with Crippen molar-refractivity contribution >= 4 is 73.8 Å². The third kappa shape index (κ3) is 5.46. The minimum absolute atomic E-state index is 0.0153. The van der Waals surface area contributed by atoms with Gasteiger partial charge < -0.3 is 9.32 Å². The lowest BCUT2D eigenvalue weighted by Crippen LogP contribution is -2.55. The maximum atomic E-state index is 7.47. The van der Waals surface area contributed by atoms with E-state index >= 15 is 0 Å². The second-order valence-corrected chi connectivity index (χ2v) is 22.1. The first kappa shape index (κ1) is 38.0. The van der Waals surface area contributed by atoms with Crippen LogP contribution in [0.2, 0.25) is 5.02 Å². The number of benzene rings is 6. The van der Waals surface area contributed by atoms with Gasteiger partial charge in [-0.3, -0.25) is 0 Å². The molecule has 1 atom stereocenters. The number of allylic oxidation sites excluding steroid dienone is 2. The minimum Gasteiger partial charge on any atom is -0.456 e. The van der Waals surface area contributed by atoms with Crippen LogP contribution in [0.25, 0.3) is 27.5 Å². The molecule has 0 saturated heterocycles. The summed E-state index contributed by atoms with van der Waals surface area (Å²) < 4.78 is 6.63. The van der Waals surface area contributed by atoms with Gasteiger partial charge in [0, 0.05) is 38.8 Å². The highest BCUT2D eigenvalue weighted by Crippen LogP contribution is 2.56. The average molecular weight is 804 g/mol. The van der Waals surface area contributed by atoms with Crippen molar-refractivity contribution in [3.05, 3.63) is 164 Å². The molecule has 4 aliphatic rings. The number of para-hydroxylation sites is 1. The number of furan rings is 1. The topological polar surface area (TPSA) is 16.4 Å². The summed E-state index contributed by atoms with van der Waals surface area (Å²) >= 11 is 7.47. The van der Waals surface area contributed by atoms with Gasteiger partial charge >= 0.3 is 0 Å². The van der Waals surface area contributed by atoms with E-state index in [1.54, 1.807) is 0 Å². The highest BCUT2D eigenvalue weighted by atomic mass is 35.5. The molecule has 300 valence electrons. The zero-order valence-electron chi connectivity index (χ0n) is 36.9. The van der Waals surface area contributed by atoms with Crippen LogP contribution >= 0.6 is 11.6 Å². The van der Waals surface area contributed by atoms with Crippen LogP contribution in [0.1, 0.15) is 133 Å². The van der Waals surface area contributed by atoms with Crippen LogP contribution in [0, 0.1) is 0 Å². The third-order valence-electron chi connectivity index (χ3n) is 14.9. The van der Waals surface area contributed by atoms with Crippen LogP contribution in [0.5, 0.6) is 0 Å². The predicted molar refractivity (Wildman–Crippen MR) is 256 cm³/mol. The summed E-state index contributed by atoms with van der Waals surface area (Å²) in [7, 11) is 0. The smallest absolute Gasteiger partial charge is 0.243 e. The van der Waals surface area contributed by atoms with Gasteiger partial charge in [-0.05, 0) is 144 Å². The van der Waals surface area contributed by atoms with Gasteiger partial charge in [-0.2, -0.15) is 0 Å². The number of nitrogens with zero attached hydrogens (tertiary/aromatic N) is 1. The van der Waals surface area contributed by atoms with Crippen molar-refractivity contribution in [3.8, 4) is 0 Å². The number of halogens is 1. The van der Waals surface area contributed by atoms with Crippen LogP contribution in [-0.4, -0.2) is 6.71 Å². The summed E-state index contributed by atoms with van der Waals surface area (Å²) in [4.78, 5) is 2.51. The van der Waals surface area contributed by atoms with E-state index in [0.29, 0.717) is 0 Å². The molecule has 60 heavy (non-hydrogen) atoms. The molecule has 2 nitrogen and oxygen atoms in total. The minimum atomic E-state index is -0.0510. The Morgan fingerprint density at radius 1 is 0.667 bits per heavy atom. The molecule has 0 fully saturated rings. The van der Waals surface area contributed by atoms with E-state index in [2.05, 4.69) is 183 Å². The Bertz CT molecular complexity index is 3000. The number of anilines is 3. The molecule has 1 aromatic heterocycles. The van der Waals surface area contributed by atoms with E-state index in [-0.39, 0.29) is 34.3 Å². The molecule has 0 N–H and O–H groups in total. The molecule has 6 aromatic carbocycles. The van der Waals surface area contributed by atoms with Crippen molar-refractivity contribution in [1.29, 1.82) is 0 Å². The molecule has 3 heterocycles. The first-order valence-electron chi connectivity index (χ1n) is 22.1. The van der Waals surface area contributed by atoms with Crippen LogP contribution in [-0.2, 0) is 28.1 Å². The van der Waals surface area contributed by atoms with Crippen LogP contribution in [0.3, 0.4) is 0 Å². The largest absolute Gasteiger partial charge is 0.456 e. The van der Waals surface area contributed by atoms with Crippen molar-refractivity contribution in [2.75, 3.05) is 4.90 Å². The molecule has 0 amide bonds. The van der Waals surface area contributed by atoms with Gasteiger partial charge in [0.05, 0.1) is 0 Å². The van der Waals surface area contributed by atoms with Crippen molar-refractivity contribution in [3.63, 3.8) is 0 Å². The molecule has 2 aliphatic heterocycles. The molecule has 7 aromatic rings. The van der Waals surface area contributed by atoms with Gasteiger partial charge in [0.1, 0.15) is 11.2 Å². The maximum absolute atomic E-state index is 7.47. The Balaban J connectivity index is 1.26. The Morgan fingerprint density at radius 2 is 1.33 bits per heavy atom. The maximum Gasteiger partial charge on any atom is 0.243 e. The molecule has 11 rings (SSSR count). The molecule has 2 aliphatic carbocycles. The quantitative estimate of drug-likeness (QED) is 0.162. The van der Waals surface area contributed by atoms with Crippen LogP contribution in [0.15, 0.2) is 119 Å². The van der Waals surface area contributed by atoms with Gasteiger partial charge in [-0.15, -0.1) is 0 Å². The van der Waals surface area contributed by atoms with Crippen molar-refractivity contribution in [2.45, 2.75) is 116 Å². The monoisotopic (exact) mass is 803 g/mol. The average Bonchev–Trinajstić information content (AvgIpc) is 3.77. The van der Waals surface area contributed by atoms with E-state index in [1.807, 2.05) is 0 Å². The van der Waals surface area contributed by atoms with Gasteiger partial charge in [0.15, 0.2) is 0 Å². The summed E-state index contributed by atoms with van der Waals surface area (Å²) in [6.45, 7) is 23.8. The van der Waals surface area contributed by atoms with E-state index in [4.69, 9.17) is 16.0 Å². The molecule has 1 unspecified atom stereocenters. The molecular formula is C56H55BClNO. The highest BCUT2D eigenvalue weighted by molar-refractivity contribution is 6.95.